The second kappa shape index (κ2) is 7.50. The average molecular weight is 298 g/mol. The van der Waals surface area contributed by atoms with Crippen LogP contribution in [0.5, 0.6) is 5.75 Å². The van der Waals surface area contributed by atoms with Gasteiger partial charge < -0.3 is 15.8 Å². The van der Waals surface area contributed by atoms with Crippen LogP contribution in [0, 0.1) is 0 Å². The highest BCUT2D eigenvalue weighted by Crippen LogP contribution is 2.27. The van der Waals surface area contributed by atoms with Crippen molar-refractivity contribution in [3.8, 4) is 5.75 Å². The van der Waals surface area contributed by atoms with Crippen LogP contribution < -0.4 is 15.8 Å². The molecule has 0 radical (unpaired) electrons. The van der Waals surface area contributed by atoms with E-state index in [1.54, 1.807) is 24.3 Å². The number of carbonyl (C=O) groups is 1. The first-order valence-electron chi connectivity index (χ1n) is 7.53. The van der Waals surface area contributed by atoms with Crippen molar-refractivity contribution in [3.63, 3.8) is 0 Å². The van der Waals surface area contributed by atoms with Gasteiger partial charge in [0, 0.05) is 16.8 Å². The lowest BCUT2D eigenvalue weighted by Gasteiger charge is -2.20. The van der Waals surface area contributed by atoms with E-state index < -0.39 is 0 Å². The molecule has 116 valence electrons. The molecular weight excluding hydrogens is 276 g/mol. The van der Waals surface area contributed by atoms with Crippen LogP contribution in [0.1, 0.15) is 42.2 Å². The summed E-state index contributed by atoms with van der Waals surface area (Å²) in [5.41, 5.74) is 7.87. The Balaban J connectivity index is 2.20. The molecule has 4 heteroatoms. The van der Waals surface area contributed by atoms with Crippen molar-refractivity contribution < 1.29 is 9.53 Å². The topological polar surface area (TPSA) is 64.3 Å². The number of nitrogens with two attached hydrogens (primary N) is 1. The van der Waals surface area contributed by atoms with Gasteiger partial charge in [-0.2, -0.15) is 0 Å². The van der Waals surface area contributed by atoms with Crippen molar-refractivity contribution in [1.82, 2.24) is 5.32 Å². The van der Waals surface area contributed by atoms with Gasteiger partial charge in [0.05, 0.1) is 12.6 Å². The lowest BCUT2D eigenvalue weighted by atomic mass is 10.0. The zero-order valence-corrected chi connectivity index (χ0v) is 13.0. The number of carbonyl (C=O) groups excluding carboxylic acids is 1. The summed E-state index contributed by atoms with van der Waals surface area (Å²) in [5, 5.41) is 3.05. The Hall–Kier alpha value is -2.49. The molecule has 0 aliphatic rings. The van der Waals surface area contributed by atoms with Gasteiger partial charge in [0.2, 0.25) is 0 Å². The predicted octanol–water partition coefficient (Wildman–Crippen LogP) is 3.55. The first kappa shape index (κ1) is 15.9. The second-order valence-electron chi connectivity index (χ2n) is 5.03. The molecule has 1 unspecified atom stereocenters. The Morgan fingerprint density at radius 2 is 1.95 bits per heavy atom. The normalized spacial score (nSPS) is 11.7. The van der Waals surface area contributed by atoms with Crippen LogP contribution in [0.3, 0.4) is 0 Å². The van der Waals surface area contributed by atoms with Gasteiger partial charge in [-0.1, -0.05) is 31.2 Å². The summed E-state index contributed by atoms with van der Waals surface area (Å²) in [7, 11) is 0. The molecule has 2 rings (SSSR count). The van der Waals surface area contributed by atoms with Crippen LogP contribution in [0.25, 0.3) is 0 Å². The maximum Gasteiger partial charge on any atom is 0.251 e. The summed E-state index contributed by atoms with van der Waals surface area (Å²) in [4.78, 5) is 12.4. The molecule has 0 aliphatic carbocycles. The maximum atomic E-state index is 12.4. The molecule has 0 aromatic heterocycles. The van der Waals surface area contributed by atoms with E-state index in [0.717, 1.165) is 17.7 Å². The fourth-order valence-corrected chi connectivity index (χ4v) is 2.38. The van der Waals surface area contributed by atoms with Crippen LogP contribution in [-0.4, -0.2) is 12.5 Å². The maximum absolute atomic E-state index is 12.4. The first-order chi connectivity index (χ1) is 10.7. The third-order valence-electron chi connectivity index (χ3n) is 3.46. The fraction of sp³-hybridized carbons (Fsp3) is 0.278. The summed E-state index contributed by atoms with van der Waals surface area (Å²) in [6.45, 7) is 4.58. The molecule has 0 saturated carbocycles. The van der Waals surface area contributed by atoms with Crippen LogP contribution in [0.15, 0.2) is 48.5 Å². The van der Waals surface area contributed by atoms with E-state index in [2.05, 4.69) is 5.32 Å². The third-order valence-corrected chi connectivity index (χ3v) is 3.46. The highest BCUT2D eigenvalue weighted by molar-refractivity contribution is 5.95. The molecule has 22 heavy (non-hydrogen) atoms. The molecule has 1 atom stereocenters. The van der Waals surface area contributed by atoms with Crippen molar-refractivity contribution in [2.75, 3.05) is 12.3 Å². The largest absolute Gasteiger partial charge is 0.494 e. The molecule has 0 heterocycles. The van der Waals surface area contributed by atoms with Crippen molar-refractivity contribution in [1.29, 1.82) is 0 Å². The summed E-state index contributed by atoms with van der Waals surface area (Å²) in [6, 6.07) is 14.7. The number of ether oxygens (including phenoxy) is 1. The number of para-hydroxylation sites is 1. The molecule has 0 saturated heterocycles. The van der Waals surface area contributed by atoms with Crippen LogP contribution in [-0.2, 0) is 0 Å². The summed E-state index contributed by atoms with van der Waals surface area (Å²) in [6.07, 6.45) is 0.776. The van der Waals surface area contributed by atoms with E-state index in [0.29, 0.717) is 17.9 Å². The van der Waals surface area contributed by atoms with E-state index in [1.807, 2.05) is 38.1 Å². The molecule has 2 aromatic carbocycles. The molecular formula is C18H22N2O2. The predicted molar refractivity (Wildman–Crippen MR) is 89.0 cm³/mol. The minimum absolute atomic E-state index is 0.100. The standard InChI is InChI=1S/C18H22N2O2/c1-3-16(15-10-5-6-11-17(15)22-4-2)20-18(21)13-8-7-9-14(19)12-13/h5-12,16H,3-4,19H2,1-2H3,(H,20,21). The van der Waals surface area contributed by atoms with Crippen molar-refractivity contribution >= 4 is 11.6 Å². The number of benzene rings is 2. The highest BCUT2D eigenvalue weighted by atomic mass is 16.5. The molecule has 0 bridgehead atoms. The van der Waals surface area contributed by atoms with Gasteiger partial charge in [0.1, 0.15) is 5.75 Å². The lowest BCUT2D eigenvalue weighted by molar-refractivity contribution is 0.0935. The number of hydrogen-bond acceptors (Lipinski definition) is 3. The zero-order chi connectivity index (χ0) is 15.9. The Labute approximate surface area is 131 Å². The van der Waals surface area contributed by atoms with Crippen molar-refractivity contribution in [3.05, 3.63) is 59.7 Å². The molecule has 4 nitrogen and oxygen atoms in total. The molecule has 0 spiro atoms. The molecule has 3 N–H and O–H groups in total. The number of nitrogens with one attached hydrogen (secondary N) is 1. The van der Waals surface area contributed by atoms with Gasteiger partial charge >= 0.3 is 0 Å². The Kier molecular flexibility index (Phi) is 5.42. The summed E-state index contributed by atoms with van der Waals surface area (Å²) in [5.74, 6) is 0.676. The molecule has 0 fully saturated rings. The van der Waals surface area contributed by atoms with E-state index in [4.69, 9.17) is 10.5 Å². The van der Waals surface area contributed by atoms with Gasteiger partial charge in [-0.25, -0.2) is 0 Å². The van der Waals surface area contributed by atoms with Crippen molar-refractivity contribution in [2.45, 2.75) is 26.3 Å². The lowest BCUT2D eigenvalue weighted by Crippen LogP contribution is -2.28. The smallest absolute Gasteiger partial charge is 0.251 e. The quantitative estimate of drug-likeness (QED) is 0.802. The summed E-state index contributed by atoms with van der Waals surface area (Å²) >= 11 is 0. The van der Waals surface area contributed by atoms with Gasteiger partial charge in [-0.3, -0.25) is 4.79 Å². The van der Waals surface area contributed by atoms with E-state index >= 15 is 0 Å². The minimum atomic E-state index is -0.134. The average Bonchev–Trinajstić information content (AvgIpc) is 2.53. The minimum Gasteiger partial charge on any atom is -0.494 e. The van der Waals surface area contributed by atoms with Gasteiger partial charge in [-0.05, 0) is 37.6 Å². The molecule has 2 aromatic rings. The summed E-state index contributed by atoms with van der Waals surface area (Å²) < 4.78 is 5.65. The number of hydrogen-bond donors (Lipinski definition) is 2. The SMILES string of the molecule is CCOc1ccccc1C(CC)NC(=O)c1cccc(N)c1. The molecule has 1 amide bonds. The Morgan fingerprint density at radius 1 is 1.18 bits per heavy atom. The van der Waals surface area contributed by atoms with Crippen LogP contribution in [0.4, 0.5) is 5.69 Å². The van der Waals surface area contributed by atoms with Gasteiger partial charge in [-0.15, -0.1) is 0 Å². The van der Waals surface area contributed by atoms with Crippen molar-refractivity contribution in [2.24, 2.45) is 0 Å². The van der Waals surface area contributed by atoms with Crippen LogP contribution >= 0.6 is 0 Å². The monoisotopic (exact) mass is 298 g/mol. The fourth-order valence-electron chi connectivity index (χ4n) is 2.38. The van der Waals surface area contributed by atoms with E-state index in [9.17, 15) is 4.79 Å². The first-order valence-corrected chi connectivity index (χ1v) is 7.53. The Bertz CT molecular complexity index is 640. The van der Waals surface area contributed by atoms with Gasteiger partial charge in [0.25, 0.3) is 5.91 Å². The highest BCUT2D eigenvalue weighted by Gasteiger charge is 2.17. The number of rotatable bonds is 6. The van der Waals surface area contributed by atoms with Crippen LogP contribution in [0.2, 0.25) is 0 Å². The Morgan fingerprint density at radius 3 is 2.64 bits per heavy atom. The van der Waals surface area contributed by atoms with Gasteiger partial charge in [0.15, 0.2) is 0 Å². The number of nitrogen functional groups attached to an aromatic ring is 1. The number of anilines is 1. The van der Waals surface area contributed by atoms with E-state index in [-0.39, 0.29) is 11.9 Å². The molecule has 0 aliphatic heterocycles. The third kappa shape index (κ3) is 3.79. The number of amides is 1. The van der Waals surface area contributed by atoms with E-state index in [1.165, 1.54) is 0 Å². The second-order valence-corrected chi connectivity index (χ2v) is 5.03. The zero-order valence-electron chi connectivity index (χ0n) is 13.0.